The average Bonchev–Trinajstić information content (AvgIpc) is 3.23. The van der Waals surface area contributed by atoms with Gasteiger partial charge in [0.05, 0.1) is 25.3 Å². The first-order valence-electron chi connectivity index (χ1n) is 8.53. The molecule has 2 atom stereocenters. The number of hydrogen-bond donors (Lipinski definition) is 0. The lowest BCUT2D eigenvalue weighted by Gasteiger charge is -2.36. The molecule has 2 aromatic heterocycles. The van der Waals surface area contributed by atoms with Crippen molar-refractivity contribution in [3.8, 4) is 11.8 Å². The maximum atomic E-state index is 5.72. The predicted octanol–water partition coefficient (Wildman–Crippen LogP) is 2.17. The van der Waals surface area contributed by atoms with E-state index in [0.717, 1.165) is 36.1 Å². The van der Waals surface area contributed by atoms with E-state index in [-0.39, 0.29) is 0 Å². The van der Waals surface area contributed by atoms with Crippen LogP contribution in [0, 0.1) is 24.7 Å². The number of fused-ring (bicyclic) bond motifs is 3. The van der Waals surface area contributed by atoms with Crippen molar-refractivity contribution in [2.45, 2.75) is 44.7 Å². The van der Waals surface area contributed by atoms with E-state index in [1.54, 1.807) is 0 Å². The van der Waals surface area contributed by atoms with E-state index in [1.165, 1.54) is 25.7 Å². The highest BCUT2D eigenvalue weighted by Crippen LogP contribution is 2.34. The lowest BCUT2D eigenvalue weighted by molar-refractivity contribution is 0.0900. The molecule has 2 saturated heterocycles. The minimum Gasteiger partial charge on any atom is -0.377 e. The van der Waals surface area contributed by atoms with Gasteiger partial charge in [0, 0.05) is 23.7 Å². The molecule has 0 N–H and O–H groups in total. The molecule has 2 aromatic rings. The SMILES string of the molecule is Cc1cc(N2C3CCC2COC3)n2nc(C#CC3CC3)cc2n1. The van der Waals surface area contributed by atoms with Crippen LogP contribution in [0.4, 0.5) is 5.82 Å². The molecule has 118 valence electrons. The number of rotatable bonds is 1. The van der Waals surface area contributed by atoms with Gasteiger partial charge in [0.1, 0.15) is 11.5 Å². The summed E-state index contributed by atoms with van der Waals surface area (Å²) in [6.45, 7) is 3.68. The first kappa shape index (κ1) is 13.4. The Balaban J connectivity index is 1.61. The molecule has 5 nitrogen and oxygen atoms in total. The maximum Gasteiger partial charge on any atom is 0.158 e. The van der Waals surface area contributed by atoms with Crippen LogP contribution < -0.4 is 4.90 Å². The molecule has 2 bridgehead atoms. The Labute approximate surface area is 135 Å². The van der Waals surface area contributed by atoms with Gasteiger partial charge >= 0.3 is 0 Å². The van der Waals surface area contributed by atoms with Gasteiger partial charge in [-0.25, -0.2) is 4.98 Å². The Hall–Kier alpha value is -2.06. The molecule has 3 aliphatic rings. The molecule has 0 aromatic carbocycles. The van der Waals surface area contributed by atoms with Crippen LogP contribution in [0.15, 0.2) is 12.1 Å². The average molecular weight is 308 g/mol. The number of hydrogen-bond acceptors (Lipinski definition) is 4. The quantitative estimate of drug-likeness (QED) is 0.757. The maximum absolute atomic E-state index is 5.72. The zero-order valence-corrected chi connectivity index (χ0v) is 13.3. The molecule has 0 amide bonds. The van der Waals surface area contributed by atoms with Crippen molar-refractivity contribution < 1.29 is 4.74 Å². The topological polar surface area (TPSA) is 42.7 Å². The summed E-state index contributed by atoms with van der Waals surface area (Å²) in [6.07, 6.45) is 4.87. The fourth-order valence-corrected chi connectivity index (χ4v) is 3.73. The van der Waals surface area contributed by atoms with Gasteiger partial charge in [0.15, 0.2) is 5.65 Å². The third-order valence-electron chi connectivity index (χ3n) is 5.02. The van der Waals surface area contributed by atoms with E-state index < -0.39 is 0 Å². The summed E-state index contributed by atoms with van der Waals surface area (Å²) in [5, 5.41) is 4.72. The van der Waals surface area contributed by atoms with Crippen molar-refractivity contribution >= 4 is 11.5 Å². The van der Waals surface area contributed by atoms with Crippen LogP contribution in [0.1, 0.15) is 37.1 Å². The molecule has 2 aliphatic heterocycles. The van der Waals surface area contributed by atoms with Gasteiger partial charge in [-0.15, -0.1) is 0 Å². The Morgan fingerprint density at radius 3 is 2.65 bits per heavy atom. The van der Waals surface area contributed by atoms with E-state index in [4.69, 9.17) is 9.84 Å². The second-order valence-corrected chi connectivity index (χ2v) is 6.93. The van der Waals surface area contributed by atoms with Gasteiger partial charge in [0.2, 0.25) is 0 Å². The predicted molar refractivity (Wildman–Crippen MR) is 87.4 cm³/mol. The van der Waals surface area contributed by atoms with Crippen LogP contribution in [0.5, 0.6) is 0 Å². The summed E-state index contributed by atoms with van der Waals surface area (Å²) in [5.74, 6) is 8.24. The van der Waals surface area contributed by atoms with E-state index in [9.17, 15) is 0 Å². The largest absolute Gasteiger partial charge is 0.377 e. The molecule has 23 heavy (non-hydrogen) atoms. The molecule has 0 spiro atoms. The number of morpholine rings is 1. The molecule has 3 fully saturated rings. The van der Waals surface area contributed by atoms with Gasteiger partial charge in [-0.3, -0.25) is 0 Å². The zero-order chi connectivity index (χ0) is 15.4. The van der Waals surface area contributed by atoms with E-state index >= 15 is 0 Å². The van der Waals surface area contributed by atoms with Crippen molar-refractivity contribution in [1.29, 1.82) is 0 Å². The lowest BCUT2D eigenvalue weighted by atomic mass is 10.2. The van der Waals surface area contributed by atoms with Crippen LogP contribution in [0.25, 0.3) is 5.65 Å². The van der Waals surface area contributed by atoms with Crippen LogP contribution in [0.2, 0.25) is 0 Å². The number of ether oxygens (including phenoxy) is 1. The zero-order valence-electron chi connectivity index (χ0n) is 13.3. The molecule has 1 aliphatic carbocycles. The summed E-state index contributed by atoms with van der Waals surface area (Å²) in [6, 6.07) is 5.08. The minimum atomic E-state index is 0.462. The third-order valence-corrected chi connectivity index (χ3v) is 5.02. The fraction of sp³-hybridized carbons (Fsp3) is 0.556. The Morgan fingerprint density at radius 2 is 1.91 bits per heavy atom. The highest BCUT2D eigenvalue weighted by atomic mass is 16.5. The summed E-state index contributed by atoms with van der Waals surface area (Å²) < 4.78 is 7.69. The molecular formula is C18H20N4O. The first-order chi connectivity index (χ1) is 11.3. The standard InChI is InChI=1S/C18H20N4O/c1-12-8-18(21-15-6-7-16(21)11-23-10-15)22-17(19-12)9-14(20-22)5-4-13-2-3-13/h8-9,13,15-16H,2-3,6-7,10-11H2,1H3. The van der Waals surface area contributed by atoms with Crippen LogP contribution in [-0.4, -0.2) is 39.9 Å². The second-order valence-electron chi connectivity index (χ2n) is 6.93. The first-order valence-corrected chi connectivity index (χ1v) is 8.53. The van der Waals surface area contributed by atoms with Gasteiger partial charge < -0.3 is 9.64 Å². The third kappa shape index (κ3) is 2.29. The summed E-state index contributed by atoms with van der Waals surface area (Å²) in [7, 11) is 0. The van der Waals surface area contributed by atoms with Crippen molar-refractivity contribution in [2.24, 2.45) is 5.92 Å². The number of aryl methyl sites for hydroxylation is 1. The molecule has 0 radical (unpaired) electrons. The summed E-state index contributed by atoms with van der Waals surface area (Å²) in [4.78, 5) is 7.14. The number of aromatic nitrogens is 3. The molecular weight excluding hydrogens is 288 g/mol. The van der Waals surface area contributed by atoms with Crippen molar-refractivity contribution in [2.75, 3.05) is 18.1 Å². The monoisotopic (exact) mass is 308 g/mol. The summed E-state index contributed by atoms with van der Waals surface area (Å²) in [5.41, 5.74) is 2.75. The van der Waals surface area contributed by atoms with Gasteiger partial charge in [0.25, 0.3) is 0 Å². The van der Waals surface area contributed by atoms with Crippen LogP contribution in [0.3, 0.4) is 0 Å². The fourth-order valence-electron chi connectivity index (χ4n) is 3.73. The second kappa shape index (κ2) is 4.97. The van der Waals surface area contributed by atoms with E-state index in [0.29, 0.717) is 18.0 Å². The summed E-state index contributed by atoms with van der Waals surface area (Å²) >= 11 is 0. The van der Waals surface area contributed by atoms with E-state index in [1.807, 2.05) is 10.6 Å². The lowest BCUT2D eigenvalue weighted by Crippen LogP contribution is -2.46. The number of anilines is 1. The van der Waals surface area contributed by atoms with Gasteiger partial charge in [-0.05, 0) is 38.5 Å². The van der Waals surface area contributed by atoms with Crippen molar-refractivity contribution in [3.05, 3.63) is 23.5 Å². The Kier molecular flexibility index (Phi) is 2.89. The number of nitrogens with zero attached hydrogens (tertiary/aromatic N) is 4. The normalized spacial score (nSPS) is 26.4. The molecule has 1 saturated carbocycles. The van der Waals surface area contributed by atoms with Crippen molar-refractivity contribution in [1.82, 2.24) is 14.6 Å². The van der Waals surface area contributed by atoms with Gasteiger partial charge in [-0.1, -0.05) is 5.92 Å². The van der Waals surface area contributed by atoms with Gasteiger partial charge in [-0.2, -0.15) is 9.61 Å². The highest BCUT2D eigenvalue weighted by molar-refractivity contribution is 5.55. The Bertz CT molecular complexity index is 811. The van der Waals surface area contributed by atoms with Crippen LogP contribution >= 0.6 is 0 Å². The van der Waals surface area contributed by atoms with Crippen LogP contribution in [-0.2, 0) is 4.74 Å². The Morgan fingerprint density at radius 1 is 1.13 bits per heavy atom. The molecule has 5 rings (SSSR count). The molecule has 5 heteroatoms. The highest BCUT2D eigenvalue weighted by Gasteiger charge is 2.38. The minimum absolute atomic E-state index is 0.462. The van der Waals surface area contributed by atoms with Crippen molar-refractivity contribution in [3.63, 3.8) is 0 Å². The van der Waals surface area contributed by atoms with E-state index in [2.05, 4.69) is 34.7 Å². The molecule has 4 heterocycles. The smallest absolute Gasteiger partial charge is 0.158 e. The molecule has 2 unspecified atom stereocenters.